The Morgan fingerprint density at radius 1 is 1.29 bits per heavy atom. The number of cyclic esters (lactones) is 1. The van der Waals surface area contributed by atoms with Crippen LogP contribution in [-0.4, -0.2) is 45.1 Å². The summed E-state index contributed by atoms with van der Waals surface area (Å²) >= 11 is 1.55. The molecule has 1 aromatic rings. The number of aryl methyl sites for hydroxylation is 1. The van der Waals surface area contributed by atoms with E-state index in [9.17, 15) is 24.6 Å². The molecule has 2 N–H and O–H groups in total. The van der Waals surface area contributed by atoms with E-state index in [1.807, 2.05) is 32.2 Å². The number of carbonyl (C=O) groups is 3. The van der Waals surface area contributed by atoms with Gasteiger partial charge in [-0.3, -0.25) is 14.4 Å². The molecule has 7 nitrogen and oxygen atoms in total. The van der Waals surface area contributed by atoms with Crippen LogP contribution in [0.2, 0.25) is 0 Å². The summed E-state index contributed by atoms with van der Waals surface area (Å²) in [7, 11) is 0. The topological polar surface area (TPSA) is 114 Å². The minimum absolute atomic E-state index is 0.0656. The van der Waals surface area contributed by atoms with Crippen molar-refractivity contribution in [1.82, 2.24) is 4.98 Å². The Bertz CT molecular complexity index is 1030. The lowest BCUT2D eigenvalue weighted by Gasteiger charge is -2.48. The van der Waals surface area contributed by atoms with Gasteiger partial charge in [0.2, 0.25) is 0 Å². The van der Waals surface area contributed by atoms with Crippen LogP contribution in [0.15, 0.2) is 22.6 Å². The molecule has 2 aliphatic rings. The summed E-state index contributed by atoms with van der Waals surface area (Å²) in [4.78, 5) is 43.0. The highest BCUT2D eigenvalue weighted by molar-refractivity contribution is 7.09. The second-order valence-electron chi connectivity index (χ2n) is 10.4. The number of Topliss-reactive ketones (excluding diaryl/α,β-unsaturated/α-hetero) is 1. The van der Waals surface area contributed by atoms with Gasteiger partial charge in [-0.1, -0.05) is 25.5 Å². The monoisotopic (exact) mass is 503 g/mol. The van der Waals surface area contributed by atoms with Crippen molar-refractivity contribution in [2.75, 3.05) is 0 Å². The minimum atomic E-state index is -1.25. The molecule has 8 heteroatoms. The first-order valence-electron chi connectivity index (χ1n) is 12.3. The van der Waals surface area contributed by atoms with E-state index in [1.165, 1.54) is 0 Å². The summed E-state index contributed by atoms with van der Waals surface area (Å²) in [6, 6.07) is 0. The quantitative estimate of drug-likeness (QED) is 0.442. The van der Waals surface area contributed by atoms with Crippen molar-refractivity contribution in [2.45, 2.75) is 85.4 Å². The Kier molecular flexibility index (Phi) is 8.70. The maximum Gasteiger partial charge on any atom is 0.307 e. The molecule has 0 radical (unpaired) electrons. The number of allylic oxidation sites excluding steroid dienone is 1. The number of fused-ring (bicyclic) bond motifs is 2. The van der Waals surface area contributed by atoms with Crippen molar-refractivity contribution in [3.05, 3.63) is 33.3 Å². The molecule has 0 saturated heterocycles. The van der Waals surface area contributed by atoms with E-state index in [-0.39, 0.29) is 18.6 Å². The van der Waals surface area contributed by atoms with Crippen molar-refractivity contribution in [3.63, 3.8) is 0 Å². The van der Waals surface area contributed by atoms with Crippen LogP contribution in [0.25, 0.3) is 6.08 Å². The zero-order chi connectivity index (χ0) is 25.9. The molecule has 6 atom stereocenters. The normalized spacial score (nSPS) is 35.0. The van der Waals surface area contributed by atoms with E-state index in [0.29, 0.717) is 19.3 Å². The van der Waals surface area contributed by atoms with Crippen molar-refractivity contribution in [1.29, 1.82) is 0 Å². The number of aliphatic hydroxyl groups is 1. The third-order valence-corrected chi connectivity index (χ3v) is 8.53. The fourth-order valence-corrected chi connectivity index (χ4v) is 6.22. The first-order chi connectivity index (χ1) is 16.4. The number of carboxylic acids is 1. The van der Waals surface area contributed by atoms with Crippen molar-refractivity contribution >= 4 is 35.1 Å². The number of thiazole rings is 1. The van der Waals surface area contributed by atoms with Gasteiger partial charge in [0.25, 0.3) is 0 Å². The molecule has 3 rings (SSSR count). The largest absolute Gasteiger partial charge is 0.481 e. The number of carboxylic acid groups (broad SMARTS) is 1. The molecule has 2 heterocycles. The number of carbonyl (C=O) groups excluding carboxylic acids is 2. The van der Waals surface area contributed by atoms with Crippen LogP contribution in [0.3, 0.4) is 0 Å². The Balaban J connectivity index is 1.93. The van der Waals surface area contributed by atoms with Gasteiger partial charge in [0.05, 0.1) is 22.7 Å². The lowest BCUT2D eigenvalue weighted by molar-refractivity contribution is -0.173. The van der Waals surface area contributed by atoms with Crippen LogP contribution in [0.4, 0.5) is 0 Å². The number of ether oxygens (including phenoxy) is 1. The van der Waals surface area contributed by atoms with E-state index in [4.69, 9.17) is 4.74 Å². The first-order valence-corrected chi connectivity index (χ1v) is 13.2. The fourth-order valence-electron chi connectivity index (χ4n) is 5.65. The van der Waals surface area contributed by atoms with Crippen LogP contribution < -0.4 is 0 Å². The highest BCUT2D eigenvalue weighted by Gasteiger charge is 2.57. The van der Waals surface area contributed by atoms with E-state index in [1.54, 1.807) is 25.2 Å². The van der Waals surface area contributed by atoms with Crippen LogP contribution in [-0.2, 0) is 19.1 Å². The molecular formula is C27H37NO6S. The molecule has 1 saturated carbocycles. The molecule has 1 aliphatic heterocycles. The first kappa shape index (κ1) is 27.3. The van der Waals surface area contributed by atoms with E-state index in [0.717, 1.165) is 28.3 Å². The van der Waals surface area contributed by atoms with Crippen LogP contribution in [0, 0.1) is 30.1 Å². The summed E-state index contributed by atoms with van der Waals surface area (Å²) in [5, 5.41) is 23.9. The molecule has 0 aromatic carbocycles. The highest BCUT2D eigenvalue weighted by Crippen LogP contribution is 2.49. The Morgan fingerprint density at radius 3 is 2.63 bits per heavy atom. The number of ketones is 1. The molecule has 1 aromatic heterocycles. The summed E-state index contributed by atoms with van der Waals surface area (Å²) in [6.07, 6.45) is 5.00. The van der Waals surface area contributed by atoms with E-state index in [2.05, 4.69) is 11.1 Å². The van der Waals surface area contributed by atoms with Gasteiger partial charge in [-0.05, 0) is 64.0 Å². The van der Waals surface area contributed by atoms with E-state index < -0.39 is 47.3 Å². The van der Waals surface area contributed by atoms with Gasteiger partial charge in [-0.2, -0.15) is 0 Å². The predicted octanol–water partition coefficient (Wildman–Crippen LogP) is 4.97. The fraction of sp³-hybridized carbons (Fsp3) is 0.630. The van der Waals surface area contributed by atoms with Crippen LogP contribution in [0.1, 0.15) is 76.9 Å². The van der Waals surface area contributed by atoms with Crippen LogP contribution in [0.5, 0.6) is 0 Å². The number of rotatable bonds is 3. The smallest absolute Gasteiger partial charge is 0.307 e. The van der Waals surface area contributed by atoms with Gasteiger partial charge < -0.3 is 14.9 Å². The Hall–Kier alpha value is -2.32. The Morgan fingerprint density at radius 2 is 2.00 bits per heavy atom. The van der Waals surface area contributed by atoms with Gasteiger partial charge >= 0.3 is 11.9 Å². The molecular weight excluding hydrogens is 466 g/mol. The highest BCUT2D eigenvalue weighted by atomic mass is 32.1. The third kappa shape index (κ3) is 6.09. The number of aliphatic carboxylic acids is 1. The van der Waals surface area contributed by atoms with Gasteiger partial charge in [0.15, 0.2) is 0 Å². The number of nitrogens with zero attached hydrogens (tertiary/aromatic N) is 1. The average molecular weight is 504 g/mol. The van der Waals surface area contributed by atoms with Gasteiger partial charge in [0.1, 0.15) is 11.9 Å². The SMILES string of the molecule is C/C1=C/C[C@@H](/C(C)=C/c2csc(C)n2)OC(=O)CC[C@]2(C)C(=O)[C@H](C)[C@@H](O)[C@H](CCC1)C2C(=O)O. The van der Waals surface area contributed by atoms with Gasteiger partial charge in [0, 0.05) is 29.6 Å². The number of esters is 1. The molecule has 1 unspecified atom stereocenters. The van der Waals surface area contributed by atoms with Crippen molar-refractivity contribution in [2.24, 2.45) is 23.2 Å². The van der Waals surface area contributed by atoms with E-state index >= 15 is 0 Å². The lowest BCUT2D eigenvalue weighted by atomic mass is 9.55. The second kappa shape index (κ2) is 11.2. The predicted molar refractivity (Wildman–Crippen MR) is 135 cm³/mol. The maximum atomic E-state index is 13.3. The summed E-state index contributed by atoms with van der Waals surface area (Å²) in [5.41, 5.74) is 1.57. The maximum absolute atomic E-state index is 13.3. The molecule has 1 fully saturated rings. The van der Waals surface area contributed by atoms with Crippen molar-refractivity contribution in [3.8, 4) is 0 Å². The summed E-state index contributed by atoms with van der Waals surface area (Å²) < 4.78 is 5.86. The zero-order valence-electron chi connectivity index (χ0n) is 21.2. The summed E-state index contributed by atoms with van der Waals surface area (Å²) in [6.45, 7) is 9.16. The molecule has 192 valence electrons. The molecule has 0 spiro atoms. The summed E-state index contributed by atoms with van der Waals surface area (Å²) in [5.74, 6) is -4.13. The third-order valence-electron chi connectivity index (χ3n) is 7.74. The molecule has 1 aliphatic carbocycles. The Labute approximate surface area is 211 Å². The molecule has 0 amide bonds. The number of aliphatic hydroxyl groups excluding tert-OH is 1. The molecule has 35 heavy (non-hydrogen) atoms. The average Bonchev–Trinajstić information content (AvgIpc) is 3.20. The number of hydrogen-bond acceptors (Lipinski definition) is 7. The standard InChI is InChI=1S/C27H37NO6S/c1-15-7-6-8-20-23(26(32)33)27(5,25(31)17(3)24(20)30)12-11-22(29)34-21(10-9-15)16(2)13-19-14-35-18(4)28-19/h9,13-14,17,20-21,23-24,30H,6-8,10-12H2,1-5H3,(H,32,33)/b15-9-,16-13+/t17-,20-,21+,23?,24-,27+/m1/s1. The zero-order valence-corrected chi connectivity index (χ0v) is 22.1. The minimum Gasteiger partial charge on any atom is -0.481 e. The van der Waals surface area contributed by atoms with Crippen molar-refractivity contribution < 1.29 is 29.3 Å². The second-order valence-corrected chi connectivity index (χ2v) is 11.4. The number of hydrogen-bond donors (Lipinski definition) is 2. The van der Waals surface area contributed by atoms with Gasteiger partial charge in [-0.25, -0.2) is 4.98 Å². The lowest BCUT2D eigenvalue weighted by Crippen LogP contribution is -2.57. The van der Waals surface area contributed by atoms with Crippen LogP contribution >= 0.6 is 11.3 Å². The number of aromatic nitrogens is 1. The van der Waals surface area contributed by atoms with Gasteiger partial charge in [-0.15, -0.1) is 11.3 Å². The molecule has 2 bridgehead atoms.